The van der Waals surface area contributed by atoms with Crippen LogP contribution in [0.15, 0.2) is 46.1 Å². The van der Waals surface area contributed by atoms with Crippen LogP contribution in [-0.4, -0.2) is 48.3 Å². The molecule has 0 saturated carbocycles. The van der Waals surface area contributed by atoms with Crippen molar-refractivity contribution in [3.05, 3.63) is 47.5 Å². The Balaban J connectivity index is 0.00000280. The Hall–Kier alpha value is -1.52. The first kappa shape index (κ1) is 22.8. The zero-order valence-electron chi connectivity index (χ0n) is 16.1. The van der Waals surface area contributed by atoms with Gasteiger partial charge in [0.2, 0.25) is 0 Å². The average molecular weight is 520 g/mol. The number of hydrogen-bond donors (Lipinski definition) is 3. The summed E-state index contributed by atoms with van der Waals surface area (Å²) in [5.41, 5.74) is -1.16. The van der Waals surface area contributed by atoms with Gasteiger partial charge in [-0.1, -0.05) is 11.6 Å². The van der Waals surface area contributed by atoms with Gasteiger partial charge in [0.15, 0.2) is 5.96 Å². The Labute approximate surface area is 187 Å². The third-order valence-electron chi connectivity index (χ3n) is 4.51. The van der Waals surface area contributed by atoms with Gasteiger partial charge in [0, 0.05) is 31.9 Å². The highest BCUT2D eigenvalue weighted by molar-refractivity contribution is 14.0. The summed E-state index contributed by atoms with van der Waals surface area (Å²) in [6, 6.07) is 7.41. The van der Waals surface area contributed by atoms with Crippen molar-refractivity contribution in [2.24, 2.45) is 4.99 Å². The Kier molecular flexibility index (Phi) is 8.38. The van der Waals surface area contributed by atoms with Crippen molar-refractivity contribution in [1.29, 1.82) is 0 Å². The number of anilines is 1. The number of halogens is 2. The van der Waals surface area contributed by atoms with Gasteiger partial charge in [-0.3, -0.25) is 0 Å². The first-order valence-electron chi connectivity index (χ1n) is 9.16. The molecular weight excluding hydrogens is 493 g/mol. The van der Waals surface area contributed by atoms with Crippen LogP contribution in [0.1, 0.15) is 26.0 Å². The SMILES string of the molecule is CCNC(=NCC(C)(O)c1ccco1)NC1CCN(c2ncccc2Cl)C1.I. The van der Waals surface area contributed by atoms with Gasteiger partial charge < -0.3 is 25.1 Å². The van der Waals surface area contributed by atoms with Crippen LogP contribution in [0.2, 0.25) is 5.02 Å². The van der Waals surface area contributed by atoms with Crippen molar-refractivity contribution >= 4 is 47.4 Å². The molecule has 3 heterocycles. The maximum absolute atomic E-state index is 10.6. The van der Waals surface area contributed by atoms with Crippen molar-refractivity contribution < 1.29 is 9.52 Å². The van der Waals surface area contributed by atoms with E-state index in [1.165, 1.54) is 0 Å². The fourth-order valence-corrected chi connectivity index (χ4v) is 3.33. The number of hydrogen-bond acceptors (Lipinski definition) is 5. The van der Waals surface area contributed by atoms with Crippen LogP contribution in [0.4, 0.5) is 5.82 Å². The van der Waals surface area contributed by atoms with E-state index in [1.807, 2.05) is 19.1 Å². The number of nitrogens with one attached hydrogen (secondary N) is 2. The van der Waals surface area contributed by atoms with Crippen molar-refractivity contribution in [3.63, 3.8) is 0 Å². The molecule has 3 N–H and O–H groups in total. The van der Waals surface area contributed by atoms with Gasteiger partial charge in [0.25, 0.3) is 0 Å². The smallest absolute Gasteiger partial charge is 0.191 e. The predicted octanol–water partition coefficient (Wildman–Crippen LogP) is 2.99. The van der Waals surface area contributed by atoms with Crippen LogP contribution in [-0.2, 0) is 5.60 Å². The van der Waals surface area contributed by atoms with E-state index >= 15 is 0 Å². The minimum Gasteiger partial charge on any atom is -0.466 e. The summed E-state index contributed by atoms with van der Waals surface area (Å²) < 4.78 is 5.31. The van der Waals surface area contributed by atoms with Gasteiger partial charge in [0.1, 0.15) is 17.2 Å². The van der Waals surface area contributed by atoms with Crippen molar-refractivity contribution in [2.75, 3.05) is 31.1 Å². The number of aliphatic imine (C=N–C) groups is 1. The summed E-state index contributed by atoms with van der Waals surface area (Å²) in [6.45, 7) is 6.29. The molecule has 2 aromatic heterocycles. The second kappa shape index (κ2) is 10.3. The number of rotatable bonds is 6. The number of guanidine groups is 1. The molecule has 7 nitrogen and oxygen atoms in total. The number of aliphatic hydroxyl groups is 1. The third-order valence-corrected chi connectivity index (χ3v) is 4.80. The summed E-state index contributed by atoms with van der Waals surface area (Å²) in [5.74, 6) is 1.98. The zero-order chi connectivity index (χ0) is 19.3. The van der Waals surface area contributed by atoms with Crippen molar-refractivity contribution in [1.82, 2.24) is 15.6 Å². The van der Waals surface area contributed by atoms with E-state index in [2.05, 4.69) is 25.5 Å². The lowest BCUT2D eigenvalue weighted by Gasteiger charge is -2.22. The molecule has 0 aromatic carbocycles. The second-order valence-corrected chi connectivity index (χ2v) is 7.24. The van der Waals surface area contributed by atoms with E-state index in [1.54, 1.807) is 31.5 Å². The van der Waals surface area contributed by atoms with Crippen molar-refractivity contribution in [3.8, 4) is 0 Å². The molecule has 154 valence electrons. The van der Waals surface area contributed by atoms with Crippen molar-refractivity contribution in [2.45, 2.75) is 31.9 Å². The van der Waals surface area contributed by atoms with E-state index in [-0.39, 0.29) is 36.6 Å². The zero-order valence-corrected chi connectivity index (χ0v) is 19.1. The van der Waals surface area contributed by atoms with Gasteiger partial charge in [-0.25, -0.2) is 9.98 Å². The third kappa shape index (κ3) is 5.74. The van der Waals surface area contributed by atoms with E-state index in [0.717, 1.165) is 31.9 Å². The van der Waals surface area contributed by atoms with Crippen LogP contribution >= 0.6 is 35.6 Å². The molecule has 1 fully saturated rings. The lowest BCUT2D eigenvalue weighted by molar-refractivity contribution is 0.0437. The molecular formula is C19H27ClIN5O2. The van der Waals surface area contributed by atoms with Gasteiger partial charge in [0.05, 0.1) is 17.8 Å². The standard InChI is InChI=1S/C19H26ClN5O2.HI/c1-3-21-18(23-13-19(2,26)16-7-5-11-27-16)24-14-8-10-25(12-14)17-15(20)6-4-9-22-17;/h4-7,9,11,14,26H,3,8,10,12-13H2,1-2H3,(H2,21,23,24);1H. The summed E-state index contributed by atoms with van der Waals surface area (Å²) in [5, 5.41) is 17.9. The molecule has 0 radical (unpaired) electrons. The van der Waals surface area contributed by atoms with E-state index in [9.17, 15) is 5.11 Å². The van der Waals surface area contributed by atoms with E-state index < -0.39 is 5.60 Å². The lowest BCUT2D eigenvalue weighted by atomic mass is 10.0. The Bertz CT molecular complexity index is 769. The maximum atomic E-state index is 10.6. The molecule has 2 atom stereocenters. The molecule has 3 rings (SSSR count). The fraction of sp³-hybridized carbons (Fsp3) is 0.474. The molecule has 0 aliphatic carbocycles. The molecule has 9 heteroatoms. The fourth-order valence-electron chi connectivity index (χ4n) is 3.09. The Morgan fingerprint density at radius 2 is 2.29 bits per heavy atom. The van der Waals surface area contributed by atoms with E-state index in [0.29, 0.717) is 16.7 Å². The largest absolute Gasteiger partial charge is 0.466 e. The molecule has 28 heavy (non-hydrogen) atoms. The van der Waals surface area contributed by atoms with Gasteiger partial charge in [-0.05, 0) is 44.5 Å². The van der Waals surface area contributed by atoms with Crippen LogP contribution in [0.3, 0.4) is 0 Å². The van der Waals surface area contributed by atoms with Crippen LogP contribution < -0.4 is 15.5 Å². The number of pyridine rings is 1. The Morgan fingerprint density at radius 1 is 1.46 bits per heavy atom. The molecule has 1 aliphatic heterocycles. The summed E-state index contributed by atoms with van der Waals surface area (Å²) in [4.78, 5) is 11.1. The number of aromatic nitrogens is 1. The van der Waals surface area contributed by atoms with Crippen LogP contribution in [0.5, 0.6) is 0 Å². The lowest BCUT2D eigenvalue weighted by Crippen LogP contribution is -2.45. The quantitative estimate of drug-likeness (QED) is 0.309. The molecule has 2 unspecified atom stereocenters. The van der Waals surface area contributed by atoms with E-state index in [4.69, 9.17) is 16.0 Å². The summed E-state index contributed by atoms with van der Waals surface area (Å²) in [6.07, 6.45) is 4.25. The molecule has 0 spiro atoms. The van der Waals surface area contributed by atoms with Gasteiger partial charge in [-0.15, -0.1) is 24.0 Å². The Morgan fingerprint density at radius 3 is 2.96 bits per heavy atom. The second-order valence-electron chi connectivity index (χ2n) is 6.83. The topological polar surface area (TPSA) is 85.9 Å². The minimum atomic E-state index is -1.16. The van der Waals surface area contributed by atoms with Gasteiger partial charge >= 0.3 is 0 Å². The highest BCUT2D eigenvalue weighted by Crippen LogP contribution is 2.26. The number of nitrogens with zero attached hydrogens (tertiary/aromatic N) is 3. The minimum absolute atomic E-state index is 0. The maximum Gasteiger partial charge on any atom is 0.191 e. The normalized spacial score (nSPS) is 19.1. The molecule has 1 aliphatic rings. The highest BCUT2D eigenvalue weighted by atomic mass is 127. The number of furan rings is 1. The molecule has 0 amide bonds. The molecule has 0 bridgehead atoms. The van der Waals surface area contributed by atoms with Crippen LogP contribution in [0, 0.1) is 0 Å². The highest BCUT2D eigenvalue weighted by Gasteiger charge is 2.28. The predicted molar refractivity (Wildman–Crippen MR) is 123 cm³/mol. The molecule has 1 saturated heterocycles. The summed E-state index contributed by atoms with van der Waals surface area (Å²) >= 11 is 6.26. The average Bonchev–Trinajstić information content (AvgIpc) is 3.33. The molecule has 2 aromatic rings. The van der Waals surface area contributed by atoms with Gasteiger partial charge in [-0.2, -0.15) is 0 Å². The van der Waals surface area contributed by atoms with Crippen LogP contribution in [0.25, 0.3) is 0 Å². The first-order chi connectivity index (χ1) is 13.0. The first-order valence-corrected chi connectivity index (χ1v) is 9.54. The summed E-state index contributed by atoms with van der Waals surface area (Å²) in [7, 11) is 0. The monoisotopic (exact) mass is 519 g/mol.